The maximum absolute atomic E-state index is 12.9. The van der Waals surface area contributed by atoms with Gasteiger partial charge in [0.2, 0.25) is 0 Å². The van der Waals surface area contributed by atoms with E-state index in [1.807, 2.05) is 0 Å². The van der Waals surface area contributed by atoms with Crippen LogP contribution in [0.15, 0.2) is 29.2 Å². The molecule has 8 nitrogen and oxygen atoms in total. The number of carbonyl (C=O) groups is 1. The SMILES string of the molecule is CCOC(=O)c1cc(S(=O)(=O)Nc2cc(OC)ccc2OC)c(C)n1C. The van der Waals surface area contributed by atoms with E-state index in [9.17, 15) is 13.2 Å². The van der Waals surface area contributed by atoms with E-state index in [2.05, 4.69) is 4.72 Å². The highest BCUT2D eigenvalue weighted by atomic mass is 32.2. The van der Waals surface area contributed by atoms with E-state index in [0.717, 1.165) is 0 Å². The number of carbonyl (C=O) groups excluding carboxylic acids is 1. The first-order valence-corrected chi connectivity index (χ1v) is 9.31. The van der Waals surface area contributed by atoms with Crippen LogP contribution in [0.2, 0.25) is 0 Å². The van der Waals surface area contributed by atoms with Gasteiger partial charge in [-0.15, -0.1) is 0 Å². The fourth-order valence-corrected chi connectivity index (χ4v) is 3.79. The molecule has 0 aliphatic carbocycles. The normalized spacial score (nSPS) is 11.1. The largest absolute Gasteiger partial charge is 0.497 e. The van der Waals surface area contributed by atoms with Crippen molar-refractivity contribution in [3.8, 4) is 11.5 Å². The summed E-state index contributed by atoms with van der Waals surface area (Å²) in [4.78, 5) is 12.0. The molecule has 0 radical (unpaired) electrons. The molecule has 0 saturated carbocycles. The lowest BCUT2D eigenvalue weighted by atomic mass is 10.3. The Balaban J connectivity index is 2.46. The number of hydrogen-bond donors (Lipinski definition) is 1. The third-order valence-electron chi connectivity index (χ3n) is 3.91. The topological polar surface area (TPSA) is 95.9 Å². The molecule has 1 N–H and O–H groups in total. The third kappa shape index (κ3) is 3.77. The highest BCUT2D eigenvalue weighted by Crippen LogP contribution is 2.32. The summed E-state index contributed by atoms with van der Waals surface area (Å²) in [5.41, 5.74) is 0.789. The summed E-state index contributed by atoms with van der Waals surface area (Å²) in [5, 5.41) is 0. The number of hydrogen-bond acceptors (Lipinski definition) is 6. The second kappa shape index (κ2) is 7.69. The van der Waals surface area contributed by atoms with Gasteiger partial charge in [-0.25, -0.2) is 13.2 Å². The molecular formula is C17H22N2O6S. The summed E-state index contributed by atoms with van der Waals surface area (Å²) in [5.74, 6) is 0.229. The number of esters is 1. The van der Waals surface area contributed by atoms with Gasteiger partial charge in [0.1, 0.15) is 22.1 Å². The highest BCUT2D eigenvalue weighted by Gasteiger charge is 2.26. The average molecular weight is 382 g/mol. The van der Waals surface area contributed by atoms with Crippen LogP contribution in [0, 0.1) is 6.92 Å². The van der Waals surface area contributed by atoms with Crippen molar-refractivity contribution in [1.82, 2.24) is 4.57 Å². The van der Waals surface area contributed by atoms with Gasteiger partial charge in [0, 0.05) is 18.8 Å². The first-order chi connectivity index (χ1) is 12.2. The Labute approximate surface area is 152 Å². The lowest BCUT2D eigenvalue weighted by Crippen LogP contribution is -2.14. The molecule has 9 heteroatoms. The van der Waals surface area contributed by atoms with Gasteiger partial charge in [-0.3, -0.25) is 4.72 Å². The number of anilines is 1. The predicted molar refractivity (Wildman–Crippen MR) is 96.5 cm³/mol. The van der Waals surface area contributed by atoms with Gasteiger partial charge in [-0.1, -0.05) is 0 Å². The van der Waals surface area contributed by atoms with E-state index >= 15 is 0 Å². The molecule has 2 rings (SSSR count). The number of nitrogens with zero attached hydrogens (tertiary/aromatic N) is 1. The first kappa shape index (κ1) is 19.6. The number of nitrogens with one attached hydrogen (secondary N) is 1. The summed E-state index contributed by atoms with van der Waals surface area (Å²) in [7, 11) is 0.554. The molecule has 0 fully saturated rings. The Bertz CT molecular complexity index is 918. The smallest absolute Gasteiger partial charge is 0.354 e. The molecule has 0 aliphatic rings. The molecular weight excluding hydrogens is 360 g/mol. The molecule has 0 aliphatic heterocycles. The summed E-state index contributed by atoms with van der Waals surface area (Å²) in [6.07, 6.45) is 0. The fraction of sp³-hybridized carbons (Fsp3) is 0.353. The van der Waals surface area contributed by atoms with E-state index in [1.54, 1.807) is 33.0 Å². The van der Waals surface area contributed by atoms with Gasteiger partial charge in [-0.2, -0.15) is 0 Å². The Morgan fingerprint density at radius 2 is 1.88 bits per heavy atom. The van der Waals surface area contributed by atoms with Gasteiger partial charge in [-0.05, 0) is 32.0 Å². The maximum Gasteiger partial charge on any atom is 0.354 e. The molecule has 0 unspecified atom stereocenters. The quantitative estimate of drug-likeness (QED) is 0.739. The average Bonchev–Trinajstić information content (AvgIpc) is 2.91. The van der Waals surface area contributed by atoms with Gasteiger partial charge >= 0.3 is 5.97 Å². The van der Waals surface area contributed by atoms with E-state index < -0.39 is 16.0 Å². The second-order valence-corrected chi connectivity index (χ2v) is 7.08. The highest BCUT2D eigenvalue weighted by molar-refractivity contribution is 7.92. The van der Waals surface area contributed by atoms with Gasteiger partial charge in [0.15, 0.2) is 0 Å². The second-order valence-electron chi connectivity index (χ2n) is 5.43. The van der Waals surface area contributed by atoms with Crippen LogP contribution < -0.4 is 14.2 Å². The monoisotopic (exact) mass is 382 g/mol. The first-order valence-electron chi connectivity index (χ1n) is 7.83. The number of benzene rings is 1. The summed E-state index contributed by atoms with van der Waals surface area (Å²) in [6, 6.07) is 6.06. The lowest BCUT2D eigenvalue weighted by molar-refractivity contribution is 0.0515. The van der Waals surface area contributed by atoms with Crippen LogP contribution in [-0.4, -0.2) is 39.8 Å². The minimum absolute atomic E-state index is 0.0204. The summed E-state index contributed by atoms with van der Waals surface area (Å²) >= 11 is 0. The lowest BCUT2D eigenvalue weighted by Gasteiger charge is -2.13. The van der Waals surface area contributed by atoms with Crippen molar-refractivity contribution in [1.29, 1.82) is 0 Å². The fourth-order valence-electron chi connectivity index (χ4n) is 2.44. The molecule has 0 bridgehead atoms. The van der Waals surface area contributed by atoms with Crippen LogP contribution in [0.4, 0.5) is 5.69 Å². The van der Waals surface area contributed by atoms with E-state index in [1.165, 1.54) is 30.9 Å². The number of methoxy groups -OCH3 is 2. The molecule has 0 spiro atoms. The molecule has 1 aromatic heterocycles. The summed E-state index contributed by atoms with van der Waals surface area (Å²) < 4.78 is 45.0. The number of rotatable bonds is 7. The zero-order valence-electron chi connectivity index (χ0n) is 15.3. The standard InChI is InChI=1S/C17H22N2O6S/c1-6-25-17(20)14-10-16(11(2)19(14)3)26(21,22)18-13-9-12(23-4)7-8-15(13)24-5/h7-10,18H,6H2,1-5H3. The van der Waals surface area contributed by atoms with Crippen molar-refractivity contribution in [2.45, 2.75) is 18.7 Å². The molecule has 26 heavy (non-hydrogen) atoms. The van der Waals surface area contributed by atoms with Gasteiger partial charge in [0.05, 0.1) is 26.5 Å². The predicted octanol–water partition coefficient (Wildman–Crippen LogP) is 2.33. The van der Waals surface area contributed by atoms with E-state index in [0.29, 0.717) is 17.2 Å². The van der Waals surface area contributed by atoms with E-state index in [-0.39, 0.29) is 22.9 Å². The Morgan fingerprint density at radius 3 is 2.46 bits per heavy atom. The Kier molecular flexibility index (Phi) is 5.81. The van der Waals surface area contributed by atoms with Crippen molar-refractivity contribution < 1.29 is 27.4 Å². The molecule has 0 atom stereocenters. The van der Waals surface area contributed by atoms with Crippen LogP contribution >= 0.6 is 0 Å². The molecule has 0 amide bonds. The van der Waals surface area contributed by atoms with Crippen molar-refractivity contribution in [3.05, 3.63) is 35.7 Å². The molecule has 0 saturated heterocycles. The zero-order chi connectivity index (χ0) is 19.5. The van der Waals surface area contributed by atoms with Crippen molar-refractivity contribution in [3.63, 3.8) is 0 Å². The van der Waals surface area contributed by atoms with Crippen LogP contribution in [0.3, 0.4) is 0 Å². The minimum Gasteiger partial charge on any atom is -0.497 e. The van der Waals surface area contributed by atoms with E-state index in [4.69, 9.17) is 14.2 Å². The molecule has 1 aromatic carbocycles. The van der Waals surface area contributed by atoms with Gasteiger partial charge in [0.25, 0.3) is 10.0 Å². The molecule has 142 valence electrons. The van der Waals surface area contributed by atoms with Crippen LogP contribution in [-0.2, 0) is 21.8 Å². The zero-order valence-corrected chi connectivity index (χ0v) is 16.1. The molecule has 1 heterocycles. The van der Waals surface area contributed by atoms with Crippen LogP contribution in [0.1, 0.15) is 23.1 Å². The number of sulfonamides is 1. The number of ether oxygens (including phenoxy) is 3. The molecule has 2 aromatic rings. The Morgan fingerprint density at radius 1 is 1.19 bits per heavy atom. The van der Waals surface area contributed by atoms with Crippen molar-refractivity contribution >= 4 is 21.7 Å². The number of aromatic nitrogens is 1. The third-order valence-corrected chi connectivity index (χ3v) is 5.39. The van der Waals surface area contributed by atoms with Crippen LogP contribution in [0.5, 0.6) is 11.5 Å². The maximum atomic E-state index is 12.9. The summed E-state index contributed by atoms with van der Waals surface area (Å²) in [6.45, 7) is 3.49. The van der Waals surface area contributed by atoms with Crippen molar-refractivity contribution in [2.24, 2.45) is 7.05 Å². The van der Waals surface area contributed by atoms with Crippen LogP contribution in [0.25, 0.3) is 0 Å². The van der Waals surface area contributed by atoms with Gasteiger partial charge < -0.3 is 18.8 Å². The minimum atomic E-state index is -3.97. The Hall–Kier alpha value is -2.68. The van der Waals surface area contributed by atoms with Crippen molar-refractivity contribution in [2.75, 3.05) is 25.5 Å².